The molecule has 21 heavy (non-hydrogen) atoms. The van der Waals surface area contributed by atoms with Crippen molar-refractivity contribution < 1.29 is 13.2 Å². The Bertz CT molecular complexity index is 575. The van der Waals surface area contributed by atoms with Gasteiger partial charge in [0.05, 0.1) is 4.90 Å². The number of sulfone groups is 1. The number of benzene rings is 1. The Morgan fingerprint density at radius 1 is 1.33 bits per heavy atom. The molecule has 0 radical (unpaired) electrons. The average molecular weight is 310 g/mol. The zero-order valence-corrected chi connectivity index (χ0v) is 13.1. The van der Waals surface area contributed by atoms with Crippen molar-refractivity contribution in [2.24, 2.45) is 5.92 Å². The summed E-state index contributed by atoms with van der Waals surface area (Å²) in [5.74, 6) is 0.477. The standard InChI is InChI=1S/C15H22N2O3S/c1-21(19,20)14-6-4-13(5-7-14)15(18)17-10-8-12-3-2-9-16-11-12/h4-7,12,16H,2-3,8-11H2,1H3,(H,17,18). The van der Waals surface area contributed by atoms with Crippen LogP contribution in [-0.2, 0) is 9.84 Å². The fraction of sp³-hybridized carbons (Fsp3) is 0.533. The van der Waals surface area contributed by atoms with Gasteiger partial charge in [-0.1, -0.05) is 0 Å². The molecule has 0 saturated carbocycles. The summed E-state index contributed by atoms with van der Waals surface area (Å²) in [5.41, 5.74) is 0.490. The van der Waals surface area contributed by atoms with Crippen LogP contribution in [0.3, 0.4) is 0 Å². The van der Waals surface area contributed by atoms with Crippen molar-refractivity contribution in [3.63, 3.8) is 0 Å². The van der Waals surface area contributed by atoms with Gasteiger partial charge in [0, 0.05) is 18.4 Å². The molecule has 1 atom stereocenters. The maximum atomic E-state index is 12.0. The van der Waals surface area contributed by atoms with E-state index in [1.54, 1.807) is 12.1 Å². The predicted octanol–water partition coefficient (Wildman–Crippen LogP) is 1.21. The maximum absolute atomic E-state index is 12.0. The predicted molar refractivity (Wildman–Crippen MR) is 82.1 cm³/mol. The normalized spacial score (nSPS) is 19.2. The third-order valence-electron chi connectivity index (χ3n) is 3.78. The first-order valence-electron chi connectivity index (χ1n) is 7.26. The summed E-state index contributed by atoms with van der Waals surface area (Å²) in [6.45, 7) is 2.77. The van der Waals surface area contributed by atoms with E-state index in [4.69, 9.17) is 0 Å². The fourth-order valence-corrected chi connectivity index (χ4v) is 3.15. The second-order valence-electron chi connectivity index (χ2n) is 5.55. The molecule has 5 nitrogen and oxygen atoms in total. The Balaban J connectivity index is 1.83. The molecule has 2 N–H and O–H groups in total. The molecule has 6 heteroatoms. The molecule has 0 aliphatic carbocycles. The Kier molecular flexibility index (Phi) is 5.36. The van der Waals surface area contributed by atoms with Gasteiger partial charge in [-0.2, -0.15) is 0 Å². The minimum atomic E-state index is -3.22. The summed E-state index contributed by atoms with van der Waals surface area (Å²) in [7, 11) is -3.22. The summed E-state index contributed by atoms with van der Waals surface area (Å²) < 4.78 is 22.7. The van der Waals surface area contributed by atoms with Crippen LogP contribution in [0.1, 0.15) is 29.6 Å². The highest BCUT2D eigenvalue weighted by Gasteiger charge is 2.13. The quantitative estimate of drug-likeness (QED) is 0.857. The van der Waals surface area contributed by atoms with Crippen LogP contribution in [0, 0.1) is 5.92 Å². The van der Waals surface area contributed by atoms with Crippen LogP contribution in [0.5, 0.6) is 0 Å². The van der Waals surface area contributed by atoms with Crippen molar-refractivity contribution in [2.45, 2.75) is 24.2 Å². The number of carbonyl (C=O) groups excluding carboxylic acids is 1. The van der Waals surface area contributed by atoms with Crippen LogP contribution in [0.4, 0.5) is 0 Å². The van der Waals surface area contributed by atoms with Crippen molar-refractivity contribution in [1.29, 1.82) is 0 Å². The van der Waals surface area contributed by atoms with Crippen LogP contribution in [0.15, 0.2) is 29.2 Å². The number of nitrogens with one attached hydrogen (secondary N) is 2. The molecule has 1 fully saturated rings. The van der Waals surface area contributed by atoms with E-state index in [-0.39, 0.29) is 10.8 Å². The molecular weight excluding hydrogens is 288 g/mol. The van der Waals surface area contributed by atoms with E-state index in [1.807, 2.05) is 0 Å². The second-order valence-corrected chi connectivity index (χ2v) is 7.57. The molecule has 0 spiro atoms. The van der Waals surface area contributed by atoms with E-state index in [9.17, 15) is 13.2 Å². The summed E-state index contributed by atoms with van der Waals surface area (Å²) in [4.78, 5) is 12.2. The number of carbonyl (C=O) groups is 1. The van der Waals surface area contributed by atoms with Gasteiger partial charge >= 0.3 is 0 Å². The lowest BCUT2D eigenvalue weighted by Crippen LogP contribution is -2.33. The molecule has 116 valence electrons. The average Bonchev–Trinajstić information content (AvgIpc) is 2.47. The van der Waals surface area contributed by atoms with Crippen molar-refractivity contribution >= 4 is 15.7 Å². The molecule has 1 amide bonds. The number of amides is 1. The van der Waals surface area contributed by atoms with Gasteiger partial charge in [0.15, 0.2) is 9.84 Å². The fourth-order valence-electron chi connectivity index (χ4n) is 2.52. The Morgan fingerprint density at radius 2 is 2.05 bits per heavy atom. The summed E-state index contributed by atoms with van der Waals surface area (Å²) in [5, 5.41) is 6.24. The maximum Gasteiger partial charge on any atom is 0.251 e. The first-order chi connectivity index (χ1) is 9.97. The molecule has 1 saturated heterocycles. The lowest BCUT2D eigenvalue weighted by atomic mass is 9.96. The molecule has 1 aromatic rings. The molecule has 2 rings (SSSR count). The molecular formula is C15H22N2O3S. The van der Waals surface area contributed by atoms with Gasteiger partial charge in [-0.05, 0) is 62.5 Å². The van der Waals surface area contributed by atoms with E-state index in [0.717, 1.165) is 25.8 Å². The molecule has 1 heterocycles. The number of piperidine rings is 1. The Labute approximate surface area is 126 Å². The van der Waals surface area contributed by atoms with E-state index < -0.39 is 9.84 Å². The van der Waals surface area contributed by atoms with Crippen LogP contribution >= 0.6 is 0 Å². The first-order valence-corrected chi connectivity index (χ1v) is 9.15. The van der Waals surface area contributed by atoms with Crippen molar-refractivity contribution in [3.8, 4) is 0 Å². The third kappa shape index (κ3) is 4.82. The lowest BCUT2D eigenvalue weighted by Gasteiger charge is -2.22. The van der Waals surface area contributed by atoms with Gasteiger partial charge in [-0.25, -0.2) is 8.42 Å². The van der Waals surface area contributed by atoms with E-state index >= 15 is 0 Å². The first kappa shape index (κ1) is 16.0. The monoisotopic (exact) mass is 310 g/mol. The van der Waals surface area contributed by atoms with Crippen LogP contribution < -0.4 is 10.6 Å². The highest BCUT2D eigenvalue weighted by molar-refractivity contribution is 7.90. The van der Waals surface area contributed by atoms with E-state index in [1.165, 1.54) is 25.0 Å². The van der Waals surface area contributed by atoms with E-state index in [0.29, 0.717) is 18.0 Å². The smallest absolute Gasteiger partial charge is 0.251 e. The summed E-state index contributed by atoms with van der Waals surface area (Å²) in [6.07, 6.45) is 4.54. The molecule has 1 aliphatic rings. The third-order valence-corrected chi connectivity index (χ3v) is 4.91. The summed E-state index contributed by atoms with van der Waals surface area (Å²) in [6, 6.07) is 6.03. The van der Waals surface area contributed by atoms with Gasteiger partial charge in [0.2, 0.25) is 0 Å². The van der Waals surface area contributed by atoms with Gasteiger partial charge in [-0.15, -0.1) is 0 Å². The van der Waals surface area contributed by atoms with Gasteiger partial charge < -0.3 is 10.6 Å². The van der Waals surface area contributed by atoms with Crippen molar-refractivity contribution in [1.82, 2.24) is 10.6 Å². The van der Waals surface area contributed by atoms with E-state index in [2.05, 4.69) is 10.6 Å². The SMILES string of the molecule is CS(=O)(=O)c1ccc(C(=O)NCCC2CCCNC2)cc1. The number of hydrogen-bond acceptors (Lipinski definition) is 4. The van der Waals surface area contributed by atoms with Crippen LogP contribution in [-0.4, -0.2) is 40.2 Å². The molecule has 1 aliphatic heterocycles. The Hall–Kier alpha value is -1.40. The number of rotatable bonds is 5. The highest BCUT2D eigenvalue weighted by atomic mass is 32.2. The second kappa shape index (κ2) is 7.04. The van der Waals surface area contributed by atoms with Gasteiger partial charge in [0.25, 0.3) is 5.91 Å². The largest absolute Gasteiger partial charge is 0.352 e. The topological polar surface area (TPSA) is 75.3 Å². The summed E-state index contributed by atoms with van der Waals surface area (Å²) >= 11 is 0. The zero-order chi connectivity index (χ0) is 15.3. The van der Waals surface area contributed by atoms with Crippen LogP contribution in [0.25, 0.3) is 0 Å². The molecule has 0 aromatic heterocycles. The molecule has 1 unspecified atom stereocenters. The molecule has 0 bridgehead atoms. The lowest BCUT2D eigenvalue weighted by molar-refractivity contribution is 0.0950. The minimum Gasteiger partial charge on any atom is -0.352 e. The van der Waals surface area contributed by atoms with Crippen molar-refractivity contribution in [2.75, 3.05) is 25.9 Å². The highest BCUT2D eigenvalue weighted by Crippen LogP contribution is 2.13. The Morgan fingerprint density at radius 3 is 2.62 bits per heavy atom. The minimum absolute atomic E-state index is 0.154. The van der Waals surface area contributed by atoms with Gasteiger partial charge in [0.1, 0.15) is 0 Å². The van der Waals surface area contributed by atoms with Crippen LogP contribution in [0.2, 0.25) is 0 Å². The number of hydrogen-bond donors (Lipinski definition) is 2. The van der Waals surface area contributed by atoms with Gasteiger partial charge in [-0.3, -0.25) is 4.79 Å². The molecule has 1 aromatic carbocycles. The zero-order valence-electron chi connectivity index (χ0n) is 12.3. The van der Waals surface area contributed by atoms with Crippen molar-refractivity contribution in [3.05, 3.63) is 29.8 Å².